The molecule has 4 N–H and O–H groups in total. The van der Waals surface area contributed by atoms with Gasteiger partial charge in [0.05, 0.1) is 0 Å². The van der Waals surface area contributed by atoms with Gasteiger partial charge in [0.2, 0.25) is 0 Å². The van der Waals surface area contributed by atoms with Crippen LogP contribution in [-0.4, -0.2) is 25.8 Å². The Balaban J connectivity index is 2.30. The van der Waals surface area contributed by atoms with Crippen LogP contribution in [-0.2, 0) is 6.54 Å². The van der Waals surface area contributed by atoms with Crippen molar-refractivity contribution in [2.45, 2.75) is 29.9 Å². The number of nitrogens with one attached hydrogen (secondary N) is 1. The molecule has 0 unspecified atom stereocenters. The maximum absolute atomic E-state index is 11.6. The van der Waals surface area contributed by atoms with E-state index >= 15 is 0 Å². The first-order valence-corrected chi connectivity index (χ1v) is 7.78. The van der Waals surface area contributed by atoms with Gasteiger partial charge in [-0.15, -0.1) is 5.10 Å². The van der Waals surface area contributed by atoms with E-state index in [2.05, 4.69) is 31.3 Å². The Morgan fingerprint density at radius 3 is 3.00 bits per heavy atom. The van der Waals surface area contributed by atoms with Gasteiger partial charge < -0.3 is 10.9 Å². The maximum atomic E-state index is 11.6. The Kier molecular flexibility index (Phi) is 5.07. The molecule has 0 bridgehead atoms. The van der Waals surface area contributed by atoms with E-state index in [1.807, 2.05) is 13.0 Å². The van der Waals surface area contributed by atoms with Crippen LogP contribution in [0.5, 0.6) is 0 Å². The molecule has 0 amide bonds. The molecule has 112 valence electrons. The summed E-state index contributed by atoms with van der Waals surface area (Å²) in [4.78, 5) is 12.5. The molecule has 1 heterocycles. The summed E-state index contributed by atoms with van der Waals surface area (Å²) < 4.78 is 2.37. The molecule has 1 aromatic carbocycles. The molecule has 0 aliphatic heterocycles. The van der Waals surface area contributed by atoms with Gasteiger partial charge in [0.1, 0.15) is 0 Å². The highest BCUT2D eigenvalue weighted by Crippen LogP contribution is 2.32. The predicted octanol–water partition coefficient (Wildman–Crippen LogP) is 1.99. The lowest BCUT2D eigenvalue weighted by atomic mass is 10.2. The standard InChI is InChI=1S/C12H14BrN5O2S/c1-2-5-18-11(19)15-16-12(18)21-9-4-3-7(6-8(9)13)10(14)17-20/h3-4,6,20H,2,5H2,1H3,(H2,14,17)(H,15,19). The number of oxime groups is 1. The number of nitrogens with two attached hydrogens (primary N) is 1. The van der Waals surface area contributed by atoms with Gasteiger partial charge in [0.15, 0.2) is 11.0 Å². The van der Waals surface area contributed by atoms with Crippen LogP contribution in [0.1, 0.15) is 18.9 Å². The highest BCUT2D eigenvalue weighted by atomic mass is 79.9. The van der Waals surface area contributed by atoms with Crippen LogP contribution in [0.2, 0.25) is 0 Å². The third-order valence-corrected chi connectivity index (χ3v) is 4.70. The summed E-state index contributed by atoms with van der Waals surface area (Å²) >= 11 is 4.79. The monoisotopic (exact) mass is 371 g/mol. The molecular formula is C12H14BrN5O2S. The fourth-order valence-corrected chi connectivity index (χ4v) is 3.19. The molecule has 0 spiro atoms. The Hall–Kier alpha value is -1.74. The summed E-state index contributed by atoms with van der Waals surface area (Å²) in [7, 11) is 0. The van der Waals surface area contributed by atoms with Crippen LogP contribution in [0.25, 0.3) is 0 Å². The van der Waals surface area contributed by atoms with Crippen LogP contribution in [0.4, 0.5) is 0 Å². The predicted molar refractivity (Wildman–Crippen MR) is 83.9 cm³/mol. The van der Waals surface area contributed by atoms with Crippen LogP contribution in [0.3, 0.4) is 0 Å². The smallest absolute Gasteiger partial charge is 0.343 e. The summed E-state index contributed by atoms with van der Waals surface area (Å²) in [5.41, 5.74) is 5.92. The van der Waals surface area contributed by atoms with Gasteiger partial charge in [-0.1, -0.05) is 12.1 Å². The molecule has 0 aliphatic carbocycles. The first kappa shape index (κ1) is 15.6. The van der Waals surface area contributed by atoms with E-state index in [1.54, 1.807) is 16.7 Å². The SMILES string of the molecule is CCCn1c(Sc2ccc(/C(N)=N/O)cc2Br)n[nH]c1=O. The summed E-state index contributed by atoms with van der Waals surface area (Å²) in [6.07, 6.45) is 0.844. The zero-order valence-electron chi connectivity index (χ0n) is 11.2. The van der Waals surface area contributed by atoms with Crippen molar-refractivity contribution in [3.8, 4) is 0 Å². The second-order valence-electron chi connectivity index (χ2n) is 4.20. The molecule has 0 fully saturated rings. The molecule has 0 aliphatic rings. The number of benzene rings is 1. The van der Waals surface area contributed by atoms with Gasteiger partial charge >= 0.3 is 5.69 Å². The number of rotatable bonds is 5. The zero-order valence-corrected chi connectivity index (χ0v) is 13.6. The van der Waals surface area contributed by atoms with E-state index in [9.17, 15) is 4.79 Å². The number of nitrogens with zero attached hydrogens (tertiary/aromatic N) is 3. The number of halogens is 1. The summed E-state index contributed by atoms with van der Waals surface area (Å²) in [6.45, 7) is 2.60. The average molecular weight is 372 g/mol. The highest BCUT2D eigenvalue weighted by molar-refractivity contribution is 9.10. The van der Waals surface area contributed by atoms with Crippen molar-refractivity contribution in [2.75, 3.05) is 0 Å². The first-order valence-electron chi connectivity index (χ1n) is 6.17. The fourth-order valence-electron chi connectivity index (χ4n) is 1.70. The second-order valence-corrected chi connectivity index (χ2v) is 6.06. The highest BCUT2D eigenvalue weighted by Gasteiger charge is 2.12. The minimum atomic E-state index is -0.219. The van der Waals surface area contributed by atoms with E-state index in [4.69, 9.17) is 10.9 Å². The number of hydrogen-bond donors (Lipinski definition) is 3. The van der Waals surface area contributed by atoms with Gasteiger partial charge in [0, 0.05) is 21.5 Å². The Morgan fingerprint density at radius 1 is 1.62 bits per heavy atom. The number of amidine groups is 1. The summed E-state index contributed by atoms with van der Waals surface area (Å²) in [6, 6.07) is 5.29. The number of aromatic amines is 1. The normalized spacial score (nSPS) is 11.8. The molecule has 9 heteroatoms. The van der Waals surface area contributed by atoms with Crippen molar-refractivity contribution in [3.63, 3.8) is 0 Å². The lowest BCUT2D eigenvalue weighted by Crippen LogP contribution is -2.17. The van der Waals surface area contributed by atoms with Crippen molar-refractivity contribution in [3.05, 3.63) is 38.7 Å². The summed E-state index contributed by atoms with van der Waals surface area (Å²) in [5.74, 6) is 0.0370. The van der Waals surface area contributed by atoms with Crippen molar-refractivity contribution < 1.29 is 5.21 Å². The van der Waals surface area contributed by atoms with Gasteiger partial charge in [-0.2, -0.15) is 0 Å². The van der Waals surface area contributed by atoms with Gasteiger partial charge in [-0.3, -0.25) is 4.57 Å². The Labute approximate surface area is 133 Å². The van der Waals surface area contributed by atoms with Gasteiger partial charge in [-0.05, 0) is 52.3 Å². The van der Waals surface area contributed by atoms with Crippen molar-refractivity contribution in [1.29, 1.82) is 0 Å². The van der Waals surface area contributed by atoms with E-state index < -0.39 is 0 Å². The molecule has 0 saturated carbocycles. The van der Waals surface area contributed by atoms with Crippen molar-refractivity contribution in [1.82, 2.24) is 14.8 Å². The third kappa shape index (κ3) is 3.48. The average Bonchev–Trinajstić information content (AvgIpc) is 2.82. The molecule has 1 aromatic heterocycles. The van der Waals surface area contributed by atoms with Crippen molar-refractivity contribution in [2.24, 2.45) is 10.9 Å². The molecule has 2 aromatic rings. The lowest BCUT2D eigenvalue weighted by molar-refractivity contribution is 0.318. The van der Waals surface area contributed by atoms with Gasteiger partial charge in [0.25, 0.3) is 0 Å². The van der Waals surface area contributed by atoms with Crippen molar-refractivity contribution >= 4 is 33.5 Å². The number of hydrogen-bond acceptors (Lipinski definition) is 5. The number of H-pyrrole nitrogens is 1. The molecule has 7 nitrogen and oxygen atoms in total. The number of aromatic nitrogens is 3. The molecule has 21 heavy (non-hydrogen) atoms. The first-order chi connectivity index (χ1) is 10.1. The molecule has 0 saturated heterocycles. The Bertz CT molecular complexity index is 725. The fraction of sp³-hybridized carbons (Fsp3) is 0.250. The maximum Gasteiger partial charge on any atom is 0.343 e. The van der Waals surface area contributed by atoms with E-state index in [0.29, 0.717) is 17.3 Å². The largest absolute Gasteiger partial charge is 0.409 e. The molecule has 0 atom stereocenters. The molecule has 2 rings (SSSR count). The van der Waals surface area contributed by atoms with E-state index in [0.717, 1.165) is 15.8 Å². The van der Waals surface area contributed by atoms with E-state index in [1.165, 1.54) is 11.8 Å². The minimum absolute atomic E-state index is 0.0370. The topological polar surface area (TPSA) is 109 Å². The quantitative estimate of drug-likeness (QED) is 0.322. The minimum Gasteiger partial charge on any atom is -0.409 e. The van der Waals surface area contributed by atoms with E-state index in [-0.39, 0.29) is 11.5 Å². The van der Waals surface area contributed by atoms with Crippen LogP contribution >= 0.6 is 27.7 Å². The Morgan fingerprint density at radius 2 is 2.38 bits per heavy atom. The second kappa shape index (κ2) is 6.81. The molecule has 0 radical (unpaired) electrons. The lowest BCUT2D eigenvalue weighted by Gasteiger charge is -2.07. The van der Waals surface area contributed by atoms with Gasteiger partial charge in [-0.25, -0.2) is 9.89 Å². The zero-order chi connectivity index (χ0) is 15.4. The molecular weight excluding hydrogens is 358 g/mol. The summed E-state index contributed by atoms with van der Waals surface area (Å²) in [5, 5.41) is 18.7. The van der Waals surface area contributed by atoms with Crippen LogP contribution < -0.4 is 11.4 Å². The third-order valence-electron chi connectivity index (χ3n) is 2.71. The van der Waals surface area contributed by atoms with Crippen LogP contribution in [0.15, 0.2) is 42.7 Å². The van der Waals surface area contributed by atoms with Crippen LogP contribution in [0, 0.1) is 0 Å².